The van der Waals surface area contributed by atoms with Gasteiger partial charge in [0.2, 0.25) is 0 Å². The molecule has 1 aliphatic rings. The van der Waals surface area contributed by atoms with Crippen LogP contribution in [0.15, 0.2) is 101 Å². The Bertz CT molecular complexity index is 1310. The summed E-state index contributed by atoms with van der Waals surface area (Å²) in [6, 6.07) is 28.3. The van der Waals surface area contributed by atoms with E-state index in [0.717, 1.165) is 40.4 Å². The fourth-order valence-electron chi connectivity index (χ4n) is 3.90. The van der Waals surface area contributed by atoms with E-state index >= 15 is 0 Å². The molecule has 1 atom stereocenters. The van der Waals surface area contributed by atoms with Crippen molar-refractivity contribution < 1.29 is 9.47 Å². The molecule has 6 heteroatoms. The van der Waals surface area contributed by atoms with Crippen LogP contribution in [-0.4, -0.2) is 17.8 Å². The van der Waals surface area contributed by atoms with Gasteiger partial charge in [0.1, 0.15) is 23.3 Å². The van der Waals surface area contributed by atoms with Crippen molar-refractivity contribution >= 4 is 34.8 Å². The molecule has 0 radical (unpaired) electrons. The van der Waals surface area contributed by atoms with Gasteiger partial charge in [-0.2, -0.15) is 0 Å². The normalized spacial score (nSPS) is 15.1. The zero-order valence-corrected chi connectivity index (χ0v) is 20.2. The average molecular weight is 487 g/mol. The monoisotopic (exact) mass is 486 g/mol. The van der Waals surface area contributed by atoms with Crippen LogP contribution in [0.3, 0.4) is 0 Å². The van der Waals surface area contributed by atoms with Crippen molar-refractivity contribution in [1.29, 1.82) is 0 Å². The second-order valence-electron chi connectivity index (χ2n) is 7.88. The Labute approximate surface area is 208 Å². The Morgan fingerprint density at radius 1 is 0.941 bits per heavy atom. The third-order valence-electron chi connectivity index (χ3n) is 5.64. The zero-order chi connectivity index (χ0) is 23.3. The minimum atomic E-state index is 0.187. The second kappa shape index (κ2) is 10.3. The molecule has 1 aliphatic heterocycles. The van der Waals surface area contributed by atoms with Gasteiger partial charge in [-0.1, -0.05) is 48.0 Å². The minimum absolute atomic E-state index is 0.187. The number of aliphatic imine (C=N–C) groups is 1. The molecular formula is C28H23ClN2O2S. The molecule has 0 fully saturated rings. The molecule has 5 rings (SSSR count). The number of benzene rings is 3. The first-order valence-electron chi connectivity index (χ1n) is 11.0. The van der Waals surface area contributed by atoms with Gasteiger partial charge in [0.05, 0.1) is 12.8 Å². The summed E-state index contributed by atoms with van der Waals surface area (Å²) >= 11 is 7.69. The van der Waals surface area contributed by atoms with Gasteiger partial charge >= 0.3 is 0 Å². The van der Waals surface area contributed by atoms with E-state index in [4.69, 9.17) is 26.1 Å². The summed E-state index contributed by atoms with van der Waals surface area (Å²) in [7, 11) is 1.72. The van der Waals surface area contributed by atoms with Crippen molar-refractivity contribution in [2.45, 2.75) is 23.2 Å². The quantitative estimate of drug-likeness (QED) is 0.262. The van der Waals surface area contributed by atoms with E-state index in [1.54, 1.807) is 19.4 Å². The SMILES string of the molecule is COc1ccccc1C1CC(c2ccc(OCc3ccc(Cl)nc3)cc2)=Nc2ccccc2S1. The molecule has 1 unspecified atom stereocenters. The van der Waals surface area contributed by atoms with Crippen molar-refractivity contribution in [3.8, 4) is 11.5 Å². The largest absolute Gasteiger partial charge is 0.496 e. The molecule has 1 aromatic heterocycles. The molecule has 0 saturated carbocycles. The van der Waals surface area contributed by atoms with Crippen LogP contribution >= 0.6 is 23.4 Å². The van der Waals surface area contributed by atoms with Crippen LogP contribution in [0.5, 0.6) is 11.5 Å². The van der Waals surface area contributed by atoms with Gasteiger partial charge in [0.15, 0.2) is 0 Å². The van der Waals surface area contributed by atoms with Gasteiger partial charge in [-0.05, 0) is 54.1 Å². The fourth-order valence-corrected chi connectivity index (χ4v) is 5.27. The number of halogens is 1. The Morgan fingerprint density at radius 3 is 2.53 bits per heavy atom. The first-order chi connectivity index (χ1) is 16.7. The van der Waals surface area contributed by atoms with Crippen molar-refractivity contribution in [3.05, 3.63) is 113 Å². The predicted octanol–water partition coefficient (Wildman–Crippen LogP) is 7.68. The lowest BCUT2D eigenvalue weighted by atomic mass is 10.0. The van der Waals surface area contributed by atoms with Crippen LogP contribution in [0.4, 0.5) is 5.69 Å². The first-order valence-corrected chi connectivity index (χ1v) is 12.3. The molecule has 0 bridgehead atoms. The number of pyridine rings is 1. The van der Waals surface area contributed by atoms with Crippen molar-refractivity contribution in [3.63, 3.8) is 0 Å². The zero-order valence-electron chi connectivity index (χ0n) is 18.6. The number of methoxy groups -OCH3 is 1. The van der Waals surface area contributed by atoms with Gasteiger partial charge in [-0.3, -0.25) is 4.99 Å². The van der Waals surface area contributed by atoms with Crippen molar-refractivity contribution in [1.82, 2.24) is 4.98 Å². The van der Waals surface area contributed by atoms with Gasteiger partial charge in [0.25, 0.3) is 0 Å². The minimum Gasteiger partial charge on any atom is -0.496 e. The van der Waals surface area contributed by atoms with Crippen LogP contribution in [0, 0.1) is 0 Å². The van der Waals surface area contributed by atoms with Crippen LogP contribution in [0.1, 0.15) is 28.4 Å². The van der Waals surface area contributed by atoms with Gasteiger partial charge in [0, 0.05) is 39.6 Å². The van der Waals surface area contributed by atoms with Crippen molar-refractivity contribution in [2.24, 2.45) is 4.99 Å². The van der Waals surface area contributed by atoms with E-state index < -0.39 is 0 Å². The standard InChI is InChI=1S/C28H23ClN2O2S/c1-32-25-8-4-2-6-22(25)27-16-24(31-23-7-3-5-9-26(23)34-27)20-11-13-21(14-12-20)33-18-19-10-15-28(29)30-17-19/h2-15,17,27H,16,18H2,1H3. The fraction of sp³-hybridized carbons (Fsp3) is 0.143. The summed E-state index contributed by atoms with van der Waals surface area (Å²) in [5, 5.41) is 0.662. The number of hydrogen-bond acceptors (Lipinski definition) is 5. The third-order valence-corrected chi connectivity index (χ3v) is 7.16. The number of thioether (sulfide) groups is 1. The summed E-state index contributed by atoms with van der Waals surface area (Å²) in [6.45, 7) is 0.435. The molecule has 4 nitrogen and oxygen atoms in total. The topological polar surface area (TPSA) is 43.7 Å². The van der Waals surface area contributed by atoms with Crippen LogP contribution in [0.2, 0.25) is 5.15 Å². The van der Waals surface area contributed by atoms with Gasteiger partial charge in [-0.15, -0.1) is 11.8 Å². The molecule has 0 aliphatic carbocycles. The molecule has 0 saturated heterocycles. The molecule has 3 aromatic carbocycles. The molecule has 4 aromatic rings. The maximum absolute atomic E-state index is 5.93. The number of hydrogen-bond donors (Lipinski definition) is 0. The molecule has 0 amide bonds. The summed E-state index contributed by atoms with van der Waals surface area (Å²) in [5.41, 5.74) is 5.26. The number of fused-ring (bicyclic) bond motifs is 1. The van der Waals surface area contributed by atoms with E-state index in [9.17, 15) is 0 Å². The molecule has 170 valence electrons. The van der Waals surface area contributed by atoms with E-state index in [-0.39, 0.29) is 5.25 Å². The highest BCUT2D eigenvalue weighted by Gasteiger charge is 2.24. The molecule has 34 heavy (non-hydrogen) atoms. The van der Waals surface area contributed by atoms with Crippen molar-refractivity contribution in [2.75, 3.05) is 7.11 Å². The van der Waals surface area contributed by atoms with E-state index in [1.165, 1.54) is 10.5 Å². The number of para-hydroxylation sites is 2. The predicted molar refractivity (Wildman–Crippen MR) is 139 cm³/mol. The summed E-state index contributed by atoms with van der Waals surface area (Å²) in [6.07, 6.45) is 2.51. The van der Waals surface area contributed by atoms with Gasteiger partial charge < -0.3 is 9.47 Å². The highest BCUT2D eigenvalue weighted by molar-refractivity contribution is 7.99. The lowest BCUT2D eigenvalue weighted by Crippen LogP contribution is -2.06. The number of nitrogens with zero attached hydrogens (tertiary/aromatic N) is 2. The highest BCUT2D eigenvalue weighted by Crippen LogP contribution is 2.47. The van der Waals surface area contributed by atoms with Gasteiger partial charge in [-0.25, -0.2) is 4.98 Å². The maximum atomic E-state index is 5.93. The summed E-state index contributed by atoms with van der Waals surface area (Å²) < 4.78 is 11.6. The lowest BCUT2D eigenvalue weighted by Gasteiger charge is -2.19. The second-order valence-corrected chi connectivity index (χ2v) is 9.51. The van der Waals surface area contributed by atoms with E-state index in [1.807, 2.05) is 48.2 Å². The molecule has 2 heterocycles. The van der Waals surface area contributed by atoms with Crippen LogP contribution < -0.4 is 9.47 Å². The van der Waals surface area contributed by atoms with Crippen LogP contribution in [-0.2, 0) is 6.61 Å². The Balaban J connectivity index is 1.41. The Hall–Kier alpha value is -3.28. The van der Waals surface area contributed by atoms with E-state index in [0.29, 0.717) is 11.8 Å². The molecule has 0 N–H and O–H groups in total. The Morgan fingerprint density at radius 2 is 1.74 bits per heavy atom. The highest BCUT2D eigenvalue weighted by atomic mass is 35.5. The first kappa shape index (κ1) is 22.5. The smallest absolute Gasteiger partial charge is 0.129 e. The molecular weight excluding hydrogens is 464 g/mol. The number of ether oxygens (including phenoxy) is 2. The molecule has 0 spiro atoms. The number of aromatic nitrogens is 1. The third kappa shape index (κ3) is 5.11. The van der Waals surface area contributed by atoms with E-state index in [2.05, 4.69) is 47.4 Å². The summed E-state index contributed by atoms with van der Waals surface area (Å²) in [5.74, 6) is 1.70. The van der Waals surface area contributed by atoms with Crippen LogP contribution in [0.25, 0.3) is 0 Å². The number of rotatable bonds is 6. The summed E-state index contributed by atoms with van der Waals surface area (Å²) in [4.78, 5) is 10.3. The Kier molecular flexibility index (Phi) is 6.84. The average Bonchev–Trinajstić information content (AvgIpc) is 3.08. The lowest BCUT2D eigenvalue weighted by molar-refractivity contribution is 0.306. The maximum Gasteiger partial charge on any atom is 0.129 e.